The van der Waals surface area contributed by atoms with Gasteiger partial charge in [0.25, 0.3) is 0 Å². The number of carbonyl (C=O) groups excluding carboxylic acids is 1. The van der Waals surface area contributed by atoms with E-state index in [9.17, 15) is 4.79 Å². The van der Waals surface area contributed by atoms with E-state index in [1.54, 1.807) is 17.9 Å². The summed E-state index contributed by atoms with van der Waals surface area (Å²) in [7, 11) is 1.80. The van der Waals surface area contributed by atoms with Gasteiger partial charge in [0, 0.05) is 25.2 Å². The zero-order chi connectivity index (χ0) is 16.9. The van der Waals surface area contributed by atoms with Crippen molar-refractivity contribution in [3.05, 3.63) is 11.8 Å². The van der Waals surface area contributed by atoms with Crippen LogP contribution in [-0.4, -0.2) is 27.5 Å². The monoisotopic (exact) mass is 310 g/mol. The normalized spacial score (nSPS) is 13.3. The summed E-state index contributed by atoms with van der Waals surface area (Å²) < 4.78 is 6.94. The molecule has 1 unspecified atom stereocenters. The first kappa shape index (κ1) is 18.5. The molecule has 0 saturated carbocycles. The maximum atomic E-state index is 11.9. The summed E-state index contributed by atoms with van der Waals surface area (Å²) >= 11 is 0. The number of aryl methyl sites for hydroxylation is 1. The molecule has 1 amide bonds. The van der Waals surface area contributed by atoms with E-state index in [0.717, 1.165) is 12.0 Å². The zero-order valence-corrected chi connectivity index (χ0v) is 14.9. The minimum atomic E-state index is -0.522. The standard InChI is InChI=1S/C16H30N4O2/c1-8-13(11(2)3)17-9-12-10-18-20(7)14(12)19-15(21)22-16(4,5)6/h10-11,13,17H,8-9H2,1-7H3,(H,19,21). The second kappa shape index (κ2) is 7.63. The number of amides is 1. The van der Waals surface area contributed by atoms with Crippen molar-refractivity contribution in [2.75, 3.05) is 5.32 Å². The Kier molecular flexibility index (Phi) is 6.41. The highest BCUT2D eigenvalue weighted by molar-refractivity contribution is 5.84. The highest BCUT2D eigenvalue weighted by Crippen LogP contribution is 2.17. The minimum absolute atomic E-state index is 0.439. The zero-order valence-electron chi connectivity index (χ0n) is 14.9. The number of anilines is 1. The molecular weight excluding hydrogens is 280 g/mol. The highest BCUT2D eigenvalue weighted by Gasteiger charge is 2.19. The van der Waals surface area contributed by atoms with E-state index in [1.807, 2.05) is 20.8 Å². The maximum absolute atomic E-state index is 11.9. The molecule has 2 N–H and O–H groups in total. The van der Waals surface area contributed by atoms with Crippen LogP contribution in [0.1, 0.15) is 53.5 Å². The van der Waals surface area contributed by atoms with Crippen molar-refractivity contribution in [3.8, 4) is 0 Å². The second-order valence-corrected chi connectivity index (χ2v) is 6.91. The Morgan fingerprint density at radius 2 is 2.05 bits per heavy atom. The van der Waals surface area contributed by atoms with Crippen LogP contribution >= 0.6 is 0 Å². The summed E-state index contributed by atoms with van der Waals surface area (Å²) in [5.74, 6) is 1.23. The van der Waals surface area contributed by atoms with Crippen molar-refractivity contribution in [1.82, 2.24) is 15.1 Å². The number of rotatable bonds is 6. The molecule has 0 radical (unpaired) electrons. The fourth-order valence-corrected chi connectivity index (χ4v) is 2.27. The third-order valence-corrected chi connectivity index (χ3v) is 3.43. The number of nitrogens with zero attached hydrogens (tertiary/aromatic N) is 2. The van der Waals surface area contributed by atoms with Gasteiger partial charge in [-0.2, -0.15) is 5.10 Å². The van der Waals surface area contributed by atoms with E-state index in [4.69, 9.17) is 4.74 Å². The number of nitrogens with one attached hydrogen (secondary N) is 2. The predicted octanol–water partition coefficient (Wildman–Crippen LogP) is 3.29. The Bertz CT molecular complexity index is 489. The van der Waals surface area contributed by atoms with Gasteiger partial charge in [-0.1, -0.05) is 20.8 Å². The lowest BCUT2D eigenvalue weighted by atomic mass is 10.0. The molecule has 0 bridgehead atoms. The number of hydrogen-bond donors (Lipinski definition) is 2. The highest BCUT2D eigenvalue weighted by atomic mass is 16.6. The Balaban J connectivity index is 2.73. The lowest BCUT2D eigenvalue weighted by Gasteiger charge is -2.22. The van der Waals surface area contributed by atoms with Crippen LogP contribution in [-0.2, 0) is 18.3 Å². The Morgan fingerprint density at radius 1 is 1.41 bits per heavy atom. The van der Waals surface area contributed by atoms with Gasteiger partial charge in [0.15, 0.2) is 0 Å². The summed E-state index contributed by atoms with van der Waals surface area (Å²) in [6.45, 7) is 12.7. The molecule has 0 spiro atoms. The third kappa shape index (κ3) is 5.67. The van der Waals surface area contributed by atoms with Gasteiger partial charge < -0.3 is 10.1 Å². The van der Waals surface area contributed by atoms with Crippen LogP contribution in [0.15, 0.2) is 6.20 Å². The van der Waals surface area contributed by atoms with Crippen molar-refractivity contribution >= 4 is 11.9 Å². The van der Waals surface area contributed by atoms with Crippen LogP contribution in [0.3, 0.4) is 0 Å². The largest absolute Gasteiger partial charge is 0.444 e. The van der Waals surface area contributed by atoms with Crippen LogP contribution in [0.25, 0.3) is 0 Å². The first-order valence-corrected chi connectivity index (χ1v) is 7.88. The lowest BCUT2D eigenvalue weighted by Crippen LogP contribution is -2.33. The van der Waals surface area contributed by atoms with Crippen molar-refractivity contribution in [3.63, 3.8) is 0 Å². The molecular formula is C16H30N4O2. The number of aromatic nitrogens is 2. The van der Waals surface area contributed by atoms with Crippen LogP contribution in [0.2, 0.25) is 0 Å². The molecule has 6 nitrogen and oxygen atoms in total. The minimum Gasteiger partial charge on any atom is -0.444 e. The van der Waals surface area contributed by atoms with Crippen molar-refractivity contribution in [1.29, 1.82) is 0 Å². The van der Waals surface area contributed by atoms with Gasteiger partial charge in [0.05, 0.1) is 6.20 Å². The van der Waals surface area contributed by atoms with Crippen LogP contribution in [0.5, 0.6) is 0 Å². The van der Waals surface area contributed by atoms with Gasteiger partial charge in [0.2, 0.25) is 0 Å². The molecule has 6 heteroatoms. The average molecular weight is 310 g/mol. The molecule has 0 saturated heterocycles. The van der Waals surface area contributed by atoms with Gasteiger partial charge in [0.1, 0.15) is 11.4 Å². The number of ether oxygens (including phenoxy) is 1. The predicted molar refractivity (Wildman–Crippen MR) is 88.8 cm³/mol. The van der Waals surface area contributed by atoms with Crippen molar-refractivity contribution in [2.24, 2.45) is 13.0 Å². The smallest absolute Gasteiger partial charge is 0.413 e. The van der Waals surface area contributed by atoms with Gasteiger partial charge in [-0.3, -0.25) is 10.00 Å². The fraction of sp³-hybridized carbons (Fsp3) is 0.750. The van der Waals surface area contributed by atoms with Gasteiger partial charge in [-0.25, -0.2) is 4.79 Å². The lowest BCUT2D eigenvalue weighted by molar-refractivity contribution is 0.0634. The molecule has 22 heavy (non-hydrogen) atoms. The van der Waals surface area contributed by atoms with Gasteiger partial charge in [-0.15, -0.1) is 0 Å². The molecule has 0 fully saturated rings. The molecule has 0 aliphatic rings. The molecule has 0 aromatic carbocycles. The molecule has 1 heterocycles. The second-order valence-electron chi connectivity index (χ2n) is 6.91. The summed E-state index contributed by atoms with van der Waals surface area (Å²) in [4.78, 5) is 11.9. The first-order chi connectivity index (χ1) is 10.1. The van der Waals surface area contributed by atoms with Gasteiger partial charge in [-0.05, 0) is 33.1 Å². The molecule has 0 aliphatic carbocycles. The van der Waals surface area contributed by atoms with Crippen LogP contribution in [0.4, 0.5) is 10.6 Å². The van der Waals surface area contributed by atoms with Crippen LogP contribution < -0.4 is 10.6 Å². The van der Waals surface area contributed by atoms with E-state index in [2.05, 4.69) is 36.5 Å². The average Bonchev–Trinajstić information content (AvgIpc) is 2.69. The van der Waals surface area contributed by atoms with Crippen molar-refractivity contribution < 1.29 is 9.53 Å². The summed E-state index contributed by atoms with van der Waals surface area (Å²) in [5.41, 5.74) is 0.430. The molecule has 0 aliphatic heterocycles. The molecule has 1 aromatic rings. The van der Waals surface area contributed by atoms with E-state index in [0.29, 0.717) is 24.3 Å². The molecule has 126 valence electrons. The SMILES string of the molecule is CCC(NCc1cnn(C)c1NC(=O)OC(C)(C)C)C(C)C. The van der Waals surface area contributed by atoms with Crippen LogP contribution in [0, 0.1) is 5.92 Å². The molecule has 1 atom stereocenters. The Morgan fingerprint density at radius 3 is 2.55 bits per heavy atom. The molecule has 1 rings (SSSR count). The summed E-state index contributed by atoms with van der Waals surface area (Å²) in [6.07, 6.45) is 2.37. The Labute approximate surface area is 133 Å². The van der Waals surface area contributed by atoms with E-state index < -0.39 is 11.7 Å². The first-order valence-electron chi connectivity index (χ1n) is 7.88. The van der Waals surface area contributed by atoms with E-state index in [-0.39, 0.29) is 0 Å². The van der Waals surface area contributed by atoms with E-state index in [1.165, 1.54) is 0 Å². The topological polar surface area (TPSA) is 68.2 Å². The number of carbonyl (C=O) groups is 1. The third-order valence-electron chi connectivity index (χ3n) is 3.43. The van der Waals surface area contributed by atoms with Gasteiger partial charge >= 0.3 is 6.09 Å². The molecule has 1 aromatic heterocycles. The van der Waals surface area contributed by atoms with Crippen molar-refractivity contribution in [2.45, 2.75) is 66.2 Å². The Hall–Kier alpha value is -1.56. The summed E-state index contributed by atoms with van der Waals surface area (Å²) in [6, 6.07) is 0.439. The number of hydrogen-bond acceptors (Lipinski definition) is 4. The fourth-order valence-electron chi connectivity index (χ4n) is 2.27. The maximum Gasteiger partial charge on any atom is 0.413 e. The van der Waals surface area contributed by atoms with E-state index >= 15 is 0 Å². The quantitative estimate of drug-likeness (QED) is 0.846. The summed E-state index contributed by atoms with van der Waals surface area (Å²) in [5, 5.41) is 10.5.